The van der Waals surface area contributed by atoms with E-state index in [0.717, 1.165) is 11.6 Å². The molecule has 2 rings (SSSR count). The Balaban J connectivity index is 2.03. The molecule has 3 heteroatoms. The Labute approximate surface area is 112 Å². The number of hydrogen-bond donors (Lipinski definition) is 1. The van der Waals surface area contributed by atoms with Gasteiger partial charge in [0.2, 0.25) is 0 Å². The van der Waals surface area contributed by atoms with Gasteiger partial charge in [-0.05, 0) is 37.0 Å². The van der Waals surface area contributed by atoms with Crippen molar-refractivity contribution in [2.45, 2.75) is 25.8 Å². The number of aryl methyl sites for hydroxylation is 1. The maximum absolute atomic E-state index is 13.5. The second kappa shape index (κ2) is 5.93. The van der Waals surface area contributed by atoms with Gasteiger partial charge in [0.25, 0.3) is 0 Å². The first kappa shape index (κ1) is 13.7. The van der Waals surface area contributed by atoms with Crippen LogP contribution in [0.4, 0.5) is 8.78 Å². The summed E-state index contributed by atoms with van der Waals surface area (Å²) in [5.74, 6) is -1.61. The van der Waals surface area contributed by atoms with Gasteiger partial charge in [-0.25, -0.2) is 8.78 Å². The summed E-state index contributed by atoms with van der Waals surface area (Å²) in [6.45, 7) is 2.02. The second-order valence-corrected chi connectivity index (χ2v) is 4.87. The highest BCUT2D eigenvalue weighted by atomic mass is 19.2. The zero-order chi connectivity index (χ0) is 13.8. The third kappa shape index (κ3) is 3.61. The highest BCUT2D eigenvalue weighted by molar-refractivity contribution is 5.24. The van der Waals surface area contributed by atoms with Gasteiger partial charge >= 0.3 is 0 Å². The molecule has 0 aliphatic heterocycles. The molecule has 1 atom stereocenters. The van der Waals surface area contributed by atoms with E-state index in [-0.39, 0.29) is 6.04 Å². The van der Waals surface area contributed by atoms with Crippen molar-refractivity contribution in [3.63, 3.8) is 0 Å². The summed E-state index contributed by atoms with van der Waals surface area (Å²) in [6, 6.07) is 12.0. The largest absolute Gasteiger partial charge is 0.327 e. The molecule has 0 saturated heterocycles. The van der Waals surface area contributed by atoms with Gasteiger partial charge < -0.3 is 5.73 Å². The van der Waals surface area contributed by atoms with Crippen LogP contribution in [0.2, 0.25) is 0 Å². The van der Waals surface area contributed by atoms with Crippen LogP contribution in [0.15, 0.2) is 42.5 Å². The number of rotatable bonds is 4. The fourth-order valence-corrected chi connectivity index (χ4v) is 2.09. The van der Waals surface area contributed by atoms with Gasteiger partial charge in [-0.15, -0.1) is 0 Å². The Bertz CT molecular complexity index is 549. The molecule has 2 aromatic carbocycles. The zero-order valence-corrected chi connectivity index (χ0v) is 10.9. The summed E-state index contributed by atoms with van der Waals surface area (Å²) in [5, 5.41) is 0. The first-order chi connectivity index (χ1) is 9.06. The lowest BCUT2D eigenvalue weighted by Gasteiger charge is -2.12. The van der Waals surface area contributed by atoms with E-state index in [0.29, 0.717) is 18.4 Å². The number of benzene rings is 2. The molecule has 2 N–H and O–H groups in total. The number of hydrogen-bond acceptors (Lipinski definition) is 1. The molecular formula is C16H17F2N. The predicted molar refractivity (Wildman–Crippen MR) is 72.9 cm³/mol. The minimum atomic E-state index is -0.819. The smallest absolute Gasteiger partial charge is 0.162 e. The van der Waals surface area contributed by atoms with Crippen molar-refractivity contribution < 1.29 is 8.78 Å². The summed E-state index contributed by atoms with van der Waals surface area (Å²) in [6.07, 6.45) is 0.980. The molecule has 0 fully saturated rings. The molecular weight excluding hydrogens is 244 g/mol. The van der Waals surface area contributed by atoms with E-state index in [1.54, 1.807) is 6.07 Å². The molecule has 1 unspecified atom stereocenters. The Morgan fingerprint density at radius 3 is 2.37 bits per heavy atom. The van der Waals surface area contributed by atoms with Crippen LogP contribution in [0.5, 0.6) is 0 Å². The van der Waals surface area contributed by atoms with Gasteiger partial charge in [-0.3, -0.25) is 0 Å². The van der Waals surface area contributed by atoms with E-state index < -0.39 is 11.6 Å². The van der Waals surface area contributed by atoms with Crippen LogP contribution in [0, 0.1) is 18.6 Å². The molecule has 19 heavy (non-hydrogen) atoms. The zero-order valence-electron chi connectivity index (χ0n) is 10.9. The summed E-state index contributed by atoms with van der Waals surface area (Å²) < 4.78 is 26.6. The minimum Gasteiger partial charge on any atom is -0.327 e. The highest BCUT2D eigenvalue weighted by Crippen LogP contribution is 2.14. The van der Waals surface area contributed by atoms with Gasteiger partial charge in [-0.2, -0.15) is 0 Å². The standard InChI is InChI=1S/C16H17F2N/c1-11-5-7-12(8-6-11)9-14(19)10-13-3-2-4-15(17)16(13)18/h2-8,14H,9-10,19H2,1H3. The maximum Gasteiger partial charge on any atom is 0.162 e. The van der Waals surface area contributed by atoms with E-state index in [4.69, 9.17) is 5.73 Å². The van der Waals surface area contributed by atoms with Crippen molar-refractivity contribution in [2.75, 3.05) is 0 Å². The van der Waals surface area contributed by atoms with Gasteiger partial charge in [0.1, 0.15) is 0 Å². The first-order valence-corrected chi connectivity index (χ1v) is 6.30. The average Bonchev–Trinajstić information content (AvgIpc) is 2.38. The van der Waals surface area contributed by atoms with Crippen LogP contribution in [0.1, 0.15) is 16.7 Å². The third-order valence-electron chi connectivity index (χ3n) is 3.13. The summed E-state index contributed by atoms with van der Waals surface area (Å²) in [7, 11) is 0. The van der Waals surface area contributed by atoms with Crippen LogP contribution in [-0.4, -0.2) is 6.04 Å². The molecule has 2 aromatic rings. The average molecular weight is 261 g/mol. The normalized spacial score (nSPS) is 12.4. The summed E-state index contributed by atoms with van der Waals surface area (Å²) >= 11 is 0. The van der Waals surface area contributed by atoms with Crippen LogP contribution in [0.25, 0.3) is 0 Å². The maximum atomic E-state index is 13.5. The molecule has 1 nitrogen and oxygen atoms in total. The van der Waals surface area contributed by atoms with Crippen LogP contribution in [0.3, 0.4) is 0 Å². The topological polar surface area (TPSA) is 26.0 Å². The molecule has 0 saturated carbocycles. The number of nitrogens with two attached hydrogens (primary N) is 1. The second-order valence-electron chi connectivity index (χ2n) is 4.87. The molecule has 0 amide bonds. The highest BCUT2D eigenvalue weighted by Gasteiger charge is 2.12. The predicted octanol–water partition coefficient (Wildman–Crippen LogP) is 3.39. The van der Waals surface area contributed by atoms with Crippen molar-refractivity contribution in [1.82, 2.24) is 0 Å². The molecule has 0 aliphatic rings. The molecule has 0 spiro atoms. The molecule has 0 heterocycles. The van der Waals surface area contributed by atoms with E-state index in [1.807, 2.05) is 31.2 Å². The van der Waals surface area contributed by atoms with E-state index in [9.17, 15) is 8.78 Å². The Morgan fingerprint density at radius 2 is 1.68 bits per heavy atom. The van der Waals surface area contributed by atoms with Gasteiger partial charge in [0, 0.05) is 6.04 Å². The molecule has 0 radical (unpaired) electrons. The summed E-state index contributed by atoms with van der Waals surface area (Å²) in [4.78, 5) is 0. The Hall–Kier alpha value is -1.74. The van der Waals surface area contributed by atoms with E-state index >= 15 is 0 Å². The minimum absolute atomic E-state index is 0.223. The molecule has 100 valence electrons. The molecule has 0 aliphatic carbocycles. The first-order valence-electron chi connectivity index (χ1n) is 6.30. The lowest BCUT2D eigenvalue weighted by molar-refractivity contribution is 0.492. The fourth-order valence-electron chi connectivity index (χ4n) is 2.09. The quantitative estimate of drug-likeness (QED) is 0.897. The van der Waals surface area contributed by atoms with Crippen molar-refractivity contribution in [3.8, 4) is 0 Å². The third-order valence-corrected chi connectivity index (χ3v) is 3.13. The van der Waals surface area contributed by atoms with Crippen LogP contribution < -0.4 is 5.73 Å². The molecule has 0 aromatic heterocycles. The summed E-state index contributed by atoms with van der Waals surface area (Å²) in [5.41, 5.74) is 8.63. The van der Waals surface area contributed by atoms with Crippen molar-refractivity contribution in [1.29, 1.82) is 0 Å². The van der Waals surface area contributed by atoms with Crippen molar-refractivity contribution in [3.05, 3.63) is 70.8 Å². The Morgan fingerprint density at radius 1 is 1.00 bits per heavy atom. The fraction of sp³-hybridized carbons (Fsp3) is 0.250. The Kier molecular flexibility index (Phi) is 4.27. The lowest BCUT2D eigenvalue weighted by atomic mass is 9.99. The monoisotopic (exact) mass is 261 g/mol. The van der Waals surface area contributed by atoms with E-state index in [2.05, 4.69) is 0 Å². The molecule has 0 bridgehead atoms. The lowest BCUT2D eigenvalue weighted by Crippen LogP contribution is -2.26. The van der Waals surface area contributed by atoms with Gasteiger partial charge in [0.05, 0.1) is 0 Å². The SMILES string of the molecule is Cc1ccc(CC(N)Cc2cccc(F)c2F)cc1. The van der Waals surface area contributed by atoms with Gasteiger partial charge in [-0.1, -0.05) is 42.0 Å². The van der Waals surface area contributed by atoms with Crippen molar-refractivity contribution >= 4 is 0 Å². The van der Waals surface area contributed by atoms with Crippen LogP contribution >= 0.6 is 0 Å². The van der Waals surface area contributed by atoms with Gasteiger partial charge in [0.15, 0.2) is 11.6 Å². The van der Waals surface area contributed by atoms with Crippen molar-refractivity contribution in [2.24, 2.45) is 5.73 Å². The van der Waals surface area contributed by atoms with Crippen LogP contribution in [-0.2, 0) is 12.8 Å². The van der Waals surface area contributed by atoms with E-state index in [1.165, 1.54) is 11.6 Å². The number of halogens is 2.